The highest BCUT2D eigenvalue weighted by Gasteiger charge is 2.31. The van der Waals surface area contributed by atoms with Gasteiger partial charge in [-0.15, -0.1) is 19.7 Å². The van der Waals surface area contributed by atoms with Crippen molar-refractivity contribution < 1.29 is 132 Å². The Labute approximate surface area is 849 Å². The minimum atomic E-state index is -0.788. The van der Waals surface area contributed by atoms with E-state index < -0.39 is 46.9 Å². The summed E-state index contributed by atoms with van der Waals surface area (Å²) in [4.78, 5) is 130. The molecule has 0 aromatic heterocycles. The number of hydrogen-bond donors (Lipinski definition) is 8. The van der Waals surface area contributed by atoms with Crippen LogP contribution in [0, 0.1) is 5.92 Å². The molecule has 4 saturated heterocycles. The number of amides is 4. The number of oxime groups is 4. The van der Waals surface area contributed by atoms with Gasteiger partial charge in [-0.05, 0) is 194 Å². The lowest BCUT2D eigenvalue weighted by atomic mass is 9.99. The molecule has 0 radical (unpaired) electrons. The molecule has 4 aromatic carbocycles. The number of phenolic OH excluding ortho intramolecular Hbond substituents is 8. The van der Waals surface area contributed by atoms with Gasteiger partial charge in [0.15, 0.2) is 26.4 Å². The molecule has 4 fully saturated rings. The van der Waals surface area contributed by atoms with Crippen molar-refractivity contribution in [1.29, 1.82) is 0 Å². The van der Waals surface area contributed by atoms with Crippen molar-refractivity contribution in [3.63, 3.8) is 0 Å². The van der Waals surface area contributed by atoms with Gasteiger partial charge in [0, 0.05) is 109 Å². The predicted octanol–water partition coefficient (Wildman–Crippen LogP) is 16.4. The highest BCUT2D eigenvalue weighted by molar-refractivity contribution is 6.34. The molecule has 35 nitrogen and oxygen atoms in total. The van der Waals surface area contributed by atoms with Gasteiger partial charge in [-0.2, -0.15) is 0 Å². The van der Waals surface area contributed by atoms with Crippen molar-refractivity contribution in [2.45, 2.75) is 192 Å². The van der Waals surface area contributed by atoms with Crippen molar-refractivity contribution in [2.24, 2.45) is 26.5 Å². The molecule has 0 saturated carbocycles. The number of phenols is 8. The summed E-state index contributed by atoms with van der Waals surface area (Å²) in [5.74, 6) is -6.11. The number of rotatable bonds is 21. The van der Waals surface area contributed by atoms with Gasteiger partial charge in [0.05, 0.1) is 90.8 Å². The van der Waals surface area contributed by atoms with E-state index in [1.165, 1.54) is 12.1 Å². The number of carbonyl (C=O) groups excluding carboxylic acids is 8. The summed E-state index contributed by atoms with van der Waals surface area (Å²) in [5, 5.41) is 98.4. The van der Waals surface area contributed by atoms with E-state index in [4.69, 9.17) is 75.7 Å². The van der Waals surface area contributed by atoms with Gasteiger partial charge in [-0.3, -0.25) is 19.2 Å². The predicted molar refractivity (Wildman–Crippen MR) is 544 cm³/mol. The lowest BCUT2D eigenvalue weighted by Gasteiger charge is -2.26. The van der Waals surface area contributed by atoms with Gasteiger partial charge >= 0.3 is 23.9 Å². The van der Waals surface area contributed by atoms with Crippen LogP contribution in [0.3, 0.4) is 0 Å². The number of aromatic hydroxyl groups is 8. The largest absolute Gasteiger partial charge is 0.508 e. The van der Waals surface area contributed by atoms with Crippen molar-refractivity contribution in [3.05, 3.63) is 226 Å². The third-order valence-corrected chi connectivity index (χ3v) is 24.4. The van der Waals surface area contributed by atoms with Crippen molar-refractivity contribution in [2.75, 3.05) is 118 Å². The average molecular weight is 2040 g/mol. The highest BCUT2D eigenvalue weighted by Crippen LogP contribution is 2.40. The van der Waals surface area contributed by atoms with E-state index in [1.54, 1.807) is 69.1 Å². The second kappa shape index (κ2) is 62.2. The summed E-state index contributed by atoms with van der Waals surface area (Å²) < 4.78 is 38.8. The molecule has 8 N–H and O–H groups in total. The van der Waals surface area contributed by atoms with Crippen LogP contribution in [-0.4, -0.2) is 274 Å². The van der Waals surface area contributed by atoms with Crippen molar-refractivity contribution >= 4 is 93.6 Å². The number of benzene rings is 4. The van der Waals surface area contributed by atoms with Gasteiger partial charge in [-0.25, -0.2) is 19.2 Å². The smallest absolute Gasteiger partial charge is 0.342 e. The molecule has 4 aromatic rings. The molecule has 778 valence electrons. The summed E-state index contributed by atoms with van der Waals surface area (Å²) in [6.07, 6.45) is 49.9. The van der Waals surface area contributed by atoms with E-state index in [0.717, 1.165) is 121 Å². The maximum absolute atomic E-state index is 12.8. The first-order valence-electron chi connectivity index (χ1n) is 48.8. The Hall–Kier alpha value is -13.5. The van der Waals surface area contributed by atoms with Crippen LogP contribution in [0.25, 0.3) is 0 Å². The number of halogens is 2. The number of fused-ring (bicyclic) bond motifs is 4. The quantitative estimate of drug-likeness (QED) is 0.0166. The standard InChI is InChI=1S/2C27H33ClN2O7.C27H34N2O7.C26H34N2O6/c2*1-2-14-35-20-10-4-7-15-36-27(34)25-21(26(28)23(32)17-22(25)31)16-19(9-8-11-20)29-37-18-24(33)30-12-5-3-6-13-30;1-2-14-34-23-10-4-7-15-35-27(33)26-20(17-22(30)18-24(26)31)16-21(9-8-11-23)28-36-19-25(32)29-12-5-3-6-13-29;1-18-8-6-10-19(2)34-26(32)25-20(15-22(29)16-23(25)30)14-21(11-7-9-18)27-33-17-24(31)28-12-4-3-5-13-28/h2*2,4,8-10,17,20,31-32H,1,3,5-7,11-16,18H2;2,4,8-10,17-18,23,30-31H,1,3,5-7,11-16,19H2;6-8,11,15-16,18-19,29-30H,3-5,9-10,12-14,17H2,1-2H3/b9-8+,10-4+,29-19+;9-8+,10-4+,29-19-;9-8+,10-4+,28-21-;8-6+,11-7+,27-21+/t;;;18?,19-/m...1/s1. The molecule has 8 heterocycles. The summed E-state index contributed by atoms with van der Waals surface area (Å²) in [7, 11) is 0. The van der Waals surface area contributed by atoms with Gasteiger partial charge in [0.1, 0.15) is 74.4 Å². The number of carbonyl (C=O) groups is 8. The minimum absolute atomic E-state index is 0.0236. The number of likely N-dealkylation sites (tertiary alicyclic amines) is 4. The number of cyclic esters (lactones) is 4. The van der Waals surface area contributed by atoms with E-state index in [0.29, 0.717) is 138 Å². The monoisotopic (exact) mass is 2030 g/mol. The maximum Gasteiger partial charge on any atom is 0.342 e. The Bertz CT molecular complexity index is 5230. The summed E-state index contributed by atoms with van der Waals surface area (Å²) >= 11 is 12.7. The van der Waals surface area contributed by atoms with Gasteiger partial charge in [0.2, 0.25) is 0 Å². The van der Waals surface area contributed by atoms with Crippen LogP contribution < -0.4 is 0 Å². The molecule has 0 aliphatic carbocycles. The van der Waals surface area contributed by atoms with Crippen molar-refractivity contribution in [3.8, 4) is 46.0 Å². The Balaban J connectivity index is 0.000000214. The number of piperidine rings is 4. The molecule has 8 aliphatic heterocycles. The maximum atomic E-state index is 12.8. The fourth-order valence-corrected chi connectivity index (χ4v) is 16.6. The molecule has 12 rings (SSSR count). The van der Waals surface area contributed by atoms with E-state index >= 15 is 0 Å². The first kappa shape index (κ1) is 114. The van der Waals surface area contributed by atoms with E-state index in [-0.39, 0.29) is 192 Å². The SMILES string of the molecule is C=CCOC1/C=C/CCOC(=O)c2c(O)cc(O)c(Cl)c2CC(=N/OCC(=O)N2CCCCC2)/C=C/C1.C=CCOC1/C=C/CCOC(=O)c2c(O)cc(O)c(Cl)c2CC(=N\OCC(=O)N2CCCCC2)/C=C/C1.C=CCOC1/C=C/CCOC(=O)c2c(O)cc(O)cc2CC(=N\OCC(=O)N2CCCCC2)/C=C/C1.CC1/C=C/C[C@@H](C)OC(=O)c2c(O)cc(O)cc2CC(=N/OCC(=O)N2CCCCC2)/C=C/C1. The molecule has 8 aliphatic rings. The highest BCUT2D eigenvalue weighted by atomic mass is 35.5. The molecule has 0 bridgehead atoms. The van der Waals surface area contributed by atoms with E-state index in [9.17, 15) is 79.2 Å². The molecule has 0 spiro atoms. The van der Waals surface area contributed by atoms with Crippen LogP contribution in [-0.2, 0) is 97.4 Å². The van der Waals surface area contributed by atoms with Crippen LogP contribution >= 0.6 is 23.2 Å². The number of hydrogen-bond acceptors (Lipinski definition) is 31. The fraction of sp³-hybridized carbons (Fsp3) is 0.458. The number of allylic oxidation sites excluding steroid dienone is 6. The van der Waals surface area contributed by atoms with Crippen molar-refractivity contribution in [1.82, 2.24) is 19.6 Å². The Kier molecular flexibility index (Phi) is 49.3. The second-order valence-corrected chi connectivity index (χ2v) is 35.8. The Morgan fingerprint density at radius 1 is 0.368 bits per heavy atom. The van der Waals surface area contributed by atoms with E-state index in [2.05, 4.69) is 53.4 Å². The lowest BCUT2D eigenvalue weighted by Crippen LogP contribution is -2.37. The topological polar surface area (TPSA) is 462 Å². The molecule has 4 unspecified atom stereocenters. The molecule has 5 atom stereocenters. The molecular formula is C107H134Cl2N8O27. The molecule has 37 heteroatoms. The average Bonchev–Trinajstić information content (AvgIpc) is 0.797. The van der Waals surface area contributed by atoms with Gasteiger partial charge in [-0.1, -0.05) is 142 Å². The summed E-state index contributed by atoms with van der Waals surface area (Å²) in [6, 6.07) is 6.96. The third kappa shape index (κ3) is 38.7. The first-order valence-corrected chi connectivity index (χ1v) is 49.5. The summed E-state index contributed by atoms with van der Waals surface area (Å²) in [5.41, 5.74) is 2.00. The minimum Gasteiger partial charge on any atom is -0.508 e. The third-order valence-electron chi connectivity index (χ3n) is 23.6. The van der Waals surface area contributed by atoms with Crippen LogP contribution in [0.4, 0.5) is 0 Å². The lowest BCUT2D eigenvalue weighted by molar-refractivity contribution is -0.137. The molecule has 4 amide bonds. The van der Waals surface area contributed by atoms with Crippen LogP contribution in [0.2, 0.25) is 10.0 Å². The Morgan fingerprint density at radius 3 is 0.993 bits per heavy atom. The van der Waals surface area contributed by atoms with E-state index in [1.807, 2.05) is 66.8 Å². The van der Waals surface area contributed by atoms with Gasteiger partial charge in [0.25, 0.3) is 23.6 Å². The fourth-order valence-electron chi connectivity index (χ4n) is 16.2. The normalized spacial score (nSPS) is 22.7. The number of esters is 4. The Morgan fingerprint density at radius 2 is 0.667 bits per heavy atom. The van der Waals surface area contributed by atoms with Gasteiger partial charge < -0.3 is 113 Å². The van der Waals surface area contributed by atoms with Crippen LogP contribution in [0.15, 0.2) is 192 Å². The van der Waals surface area contributed by atoms with Crippen LogP contribution in [0.5, 0.6) is 46.0 Å². The number of ether oxygens (including phenoxy) is 7. The van der Waals surface area contributed by atoms with Crippen LogP contribution in [0.1, 0.15) is 206 Å². The zero-order chi connectivity index (χ0) is 103. The molecule has 144 heavy (non-hydrogen) atoms. The number of nitrogens with zero attached hydrogens (tertiary/aromatic N) is 8. The molecular weight excluding hydrogens is 1900 g/mol. The zero-order valence-electron chi connectivity index (χ0n) is 81.8. The summed E-state index contributed by atoms with van der Waals surface area (Å²) in [6.45, 7) is 21.1. The second-order valence-electron chi connectivity index (χ2n) is 35.0. The zero-order valence-corrected chi connectivity index (χ0v) is 83.3. The first-order chi connectivity index (χ1) is 69.6.